The molecule has 0 radical (unpaired) electrons. The Morgan fingerprint density at radius 1 is 1.11 bits per heavy atom. The second-order valence-corrected chi connectivity index (χ2v) is 9.26. The van der Waals surface area contributed by atoms with Crippen molar-refractivity contribution in [1.82, 2.24) is 35.1 Å². The van der Waals surface area contributed by atoms with Crippen LogP contribution in [0.25, 0.3) is 5.69 Å². The van der Waals surface area contributed by atoms with E-state index in [2.05, 4.69) is 41.0 Å². The van der Waals surface area contributed by atoms with Gasteiger partial charge in [0.1, 0.15) is 17.2 Å². The Kier molecular flexibility index (Phi) is 6.73. The van der Waals surface area contributed by atoms with E-state index in [0.717, 1.165) is 45.0 Å². The highest BCUT2D eigenvalue weighted by atomic mass is 19.4. The second-order valence-electron chi connectivity index (χ2n) is 9.26. The molecule has 0 aliphatic carbocycles. The van der Waals surface area contributed by atoms with Gasteiger partial charge in [-0.15, -0.1) is 5.10 Å². The molecule has 2 aromatic heterocycles. The average molecular weight is 506 g/mol. The zero-order valence-electron chi connectivity index (χ0n) is 19.8. The van der Waals surface area contributed by atoms with Crippen LogP contribution in [0.1, 0.15) is 43.5 Å². The van der Waals surface area contributed by atoms with Crippen LogP contribution in [0.4, 0.5) is 35.0 Å². The molecular formula is C23H27F4N9. The molecule has 0 spiro atoms. The minimum absolute atomic E-state index is 0.0155. The molecule has 4 heterocycles. The summed E-state index contributed by atoms with van der Waals surface area (Å²) in [5.41, 5.74) is -0.498. The number of hydrogen-bond donors (Lipinski definition) is 2. The first-order chi connectivity index (χ1) is 17.3. The number of aryl methyl sites for hydroxylation is 1. The molecule has 2 atom stereocenters. The molecule has 2 fully saturated rings. The number of piperidine rings is 2. The number of aromatic nitrogens is 6. The summed E-state index contributed by atoms with van der Waals surface area (Å²) in [6.07, 6.45) is 1.45. The Bertz CT molecular complexity index is 1210. The van der Waals surface area contributed by atoms with Crippen LogP contribution >= 0.6 is 0 Å². The maximum atomic E-state index is 14.5. The van der Waals surface area contributed by atoms with Crippen LogP contribution in [-0.2, 0) is 6.18 Å². The number of halogens is 4. The Morgan fingerprint density at radius 2 is 1.94 bits per heavy atom. The maximum absolute atomic E-state index is 14.5. The highest BCUT2D eigenvalue weighted by Gasteiger charge is 2.37. The molecule has 0 unspecified atom stereocenters. The predicted octanol–water partition coefficient (Wildman–Crippen LogP) is 4.34. The molecule has 192 valence electrons. The van der Waals surface area contributed by atoms with E-state index >= 15 is 0 Å². The van der Waals surface area contributed by atoms with E-state index in [1.54, 1.807) is 6.92 Å². The number of anilines is 3. The van der Waals surface area contributed by atoms with Crippen LogP contribution in [0.15, 0.2) is 24.4 Å². The quantitative estimate of drug-likeness (QED) is 0.478. The Balaban J connectivity index is 1.38. The Labute approximate surface area is 205 Å². The summed E-state index contributed by atoms with van der Waals surface area (Å²) in [6, 6.07) is 4.51. The number of nitrogens with one attached hydrogen (secondary N) is 2. The van der Waals surface area contributed by atoms with Crippen LogP contribution in [-0.4, -0.2) is 60.8 Å². The smallest absolute Gasteiger partial charge is 0.369 e. The zero-order chi connectivity index (χ0) is 25.3. The minimum Gasteiger partial charge on any atom is -0.369 e. The lowest BCUT2D eigenvalue weighted by atomic mass is 9.83. The highest BCUT2D eigenvalue weighted by molar-refractivity contribution is 5.60. The summed E-state index contributed by atoms with van der Waals surface area (Å²) in [7, 11) is 0. The van der Waals surface area contributed by atoms with Crippen molar-refractivity contribution in [3.63, 3.8) is 0 Å². The predicted molar refractivity (Wildman–Crippen MR) is 125 cm³/mol. The molecule has 2 aliphatic rings. The molecule has 0 amide bonds. The minimum atomic E-state index is -4.63. The molecule has 3 aromatic rings. The number of hydrogen-bond acceptors (Lipinski definition) is 8. The summed E-state index contributed by atoms with van der Waals surface area (Å²) in [5.74, 6) is -0.370. The Hall–Kier alpha value is -3.35. The monoisotopic (exact) mass is 505 g/mol. The van der Waals surface area contributed by atoms with Gasteiger partial charge < -0.3 is 15.5 Å². The Morgan fingerprint density at radius 3 is 2.72 bits per heavy atom. The van der Waals surface area contributed by atoms with Crippen molar-refractivity contribution in [2.75, 3.05) is 30.3 Å². The summed E-state index contributed by atoms with van der Waals surface area (Å²) >= 11 is 0. The van der Waals surface area contributed by atoms with E-state index in [0.29, 0.717) is 24.1 Å². The zero-order valence-corrected chi connectivity index (χ0v) is 19.8. The van der Waals surface area contributed by atoms with Gasteiger partial charge in [-0.3, -0.25) is 0 Å². The number of benzene rings is 1. The van der Waals surface area contributed by atoms with Crippen molar-refractivity contribution in [3.8, 4) is 5.69 Å². The first kappa shape index (κ1) is 24.3. The summed E-state index contributed by atoms with van der Waals surface area (Å²) in [5, 5.41) is 16.9. The van der Waals surface area contributed by atoms with Crippen molar-refractivity contribution in [1.29, 1.82) is 0 Å². The van der Waals surface area contributed by atoms with Crippen LogP contribution in [0.3, 0.4) is 0 Å². The van der Waals surface area contributed by atoms with E-state index in [1.807, 2.05) is 0 Å². The van der Waals surface area contributed by atoms with Crippen molar-refractivity contribution in [3.05, 3.63) is 41.6 Å². The summed E-state index contributed by atoms with van der Waals surface area (Å²) in [4.78, 5) is 10.4. The molecule has 0 bridgehead atoms. The van der Waals surface area contributed by atoms with Crippen LogP contribution in [0.2, 0.25) is 0 Å². The number of fused-ring (bicyclic) bond motifs is 1. The third-order valence-electron chi connectivity index (χ3n) is 6.92. The normalized spacial score (nSPS) is 20.7. The van der Waals surface area contributed by atoms with Gasteiger partial charge in [0, 0.05) is 18.8 Å². The molecule has 36 heavy (non-hydrogen) atoms. The van der Waals surface area contributed by atoms with Crippen molar-refractivity contribution < 1.29 is 17.6 Å². The van der Waals surface area contributed by atoms with Crippen molar-refractivity contribution in [2.45, 2.75) is 51.2 Å². The van der Waals surface area contributed by atoms with Gasteiger partial charge in [0.15, 0.2) is 5.82 Å². The number of alkyl halides is 3. The highest BCUT2D eigenvalue weighted by Crippen LogP contribution is 2.36. The number of nitrogens with zero attached hydrogens (tertiary/aromatic N) is 7. The van der Waals surface area contributed by atoms with Crippen LogP contribution in [0.5, 0.6) is 0 Å². The fraction of sp³-hybridized carbons (Fsp3) is 0.522. The third-order valence-corrected chi connectivity index (χ3v) is 6.92. The van der Waals surface area contributed by atoms with Gasteiger partial charge in [-0.05, 0) is 80.2 Å². The van der Waals surface area contributed by atoms with Gasteiger partial charge >= 0.3 is 6.18 Å². The first-order valence-corrected chi connectivity index (χ1v) is 12.0. The molecule has 9 nitrogen and oxygen atoms in total. The van der Waals surface area contributed by atoms with Gasteiger partial charge in [-0.25, -0.2) is 9.37 Å². The SMILES string of the molecule is Cc1nnnn1-c1ccc(F)c(Nc2ncc(C(F)(F)F)c(NC[C@@H]3CCCN4CCCC[C@H]34)n2)c1. The van der Waals surface area contributed by atoms with Crippen molar-refractivity contribution >= 4 is 17.5 Å². The lowest BCUT2D eigenvalue weighted by Crippen LogP contribution is -2.49. The number of tetrazole rings is 1. The van der Waals surface area contributed by atoms with Crippen LogP contribution in [0, 0.1) is 18.7 Å². The van der Waals surface area contributed by atoms with Gasteiger partial charge in [0.25, 0.3) is 0 Å². The van der Waals surface area contributed by atoms with E-state index < -0.39 is 17.6 Å². The molecule has 13 heteroatoms. The molecule has 5 rings (SSSR count). The van der Waals surface area contributed by atoms with Crippen LogP contribution < -0.4 is 10.6 Å². The van der Waals surface area contributed by atoms with Crippen molar-refractivity contribution in [2.24, 2.45) is 5.92 Å². The summed E-state index contributed by atoms with van der Waals surface area (Å²) < 4.78 is 57.1. The van der Waals surface area contributed by atoms with E-state index in [4.69, 9.17) is 0 Å². The van der Waals surface area contributed by atoms with E-state index in [9.17, 15) is 17.6 Å². The average Bonchev–Trinajstić information content (AvgIpc) is 3.29. The van der Waals surface area contributed by atoms with Gasteiger partial charge in [0.2, 0.25) is 5.95 Å². The van der Waals surface area contributed by atoms with Gasteiger partial charge in [-0.1, -0.05) is 6.42 Å². The maximum Gasteiger partial charge on any atom is 0.421 e. The topological polar surface area (TPSA) is 96.7 Å². The third kappa shape index (κ3) is 5.11. The van der Waals surface area contributed by atoms with E-state index in [-0.39, 0.29) is 23.4 Å². The fourth-order valence-corrected chi connectivity index (χ4v) is 5.16. The molecule has 2 N–H and O–H groups in total. The lowest BCUT2D eigenvalue weighted by Gasteiger charge is -2.44. The fourth-order valence-electron chi connectivity index (χ4n) is 5.16. The molecule has 2 aliphatic heterocycles. The number of rotatable bonds is 6. The molecule has 2 saturated heterocycles. The standard InChI is InChI=1S/C23H27F4N9/c1-14-32-33-34-36(14)16-7-8-18(24)19(11-16)30-22-29-13-17(23(25,26)27)21(31-22)28-12-15-5-4-10-35-9-3-2-6-20(15)35/h7-8,11,13,15,20H,2-6,9-10,12H2,1H3,(H2,28,29,30,31)/t15-,20+/m0/s1. The lowest BCUT2D eigenvalue weighted by molar-refractivity contribution is -0.137. The van der Waals surface area contributed by atoms with Gasteiger partial charge in [-0.2, -0.15) is 22.8 Å². The largest absolute Gasteiger partial charge is 0.421 e. The second kappa shape index (κ2) is 9.96. The molecule has 0 saturated carbocycles. The van der Waals surface area contributed by atoms with Gasteiger partial charge in [0.05, 0.1) is 11.4 Å². The first-order valence-electron chi connectivity index (χ1n) is 12.0. The summed E-state index contributed by atoms with van der Waals surface area (Å²) in [6.45, 7) is 4.16. The molecule has 1 aromatic carbocycles. The molecular weight excluding hydrogens is 478 g/mol. The van der Waals surface area contributed by atoms with E-state index in [1.165, 1.54) is 29.3 Å².